The molecule has 0 saturated carbocycles. The minimum atomic E-state index is -0.130. The van der Waals surface area contributed by atoms with E-state index in [1.54, 1.807) is 36.6 Å². The van der Waals surface area contributed by atoms with Crippen molar-refractivity contribution in [2.75, 3.05) is 18.9 Å². The second kappa shape index (κ2) is 8.40. The summed E-state index contributed by atoms with van der Waals surface area (Å²) in [6.45, 7) is 4.72. The Morgan fingerprint density at radius 3 is 2.56 bits per heavy atom. The lowest BCUT2D eigenvalue weighted by Crippen LogP contribution is -2.29. The molecule has 2 aromatic heterocycles. The number of pyridine rings is 1. The van der Waals surface area contributed by atoms with Crippen molar-refractivity contribution < 1.29 is 4.79 Å². The van der Waals surface area contributed by atoms with Crippen molar-refractivity contribution in [2.24, 2.45) is 0 Å². The van der Waals surface area contributed by atoms with Crippen molar-refractivity contribution in [3.8, 4) is 0 Å². The van der Waals surface area contributed by atoms with E-state index >= 15 is 0 Å². The summed E-state index contributed by atoms with van der Waals surface area (Å²) in [5, 5.41) is 3.16. The van der Waals surface area contributed by atoms with Gasteiger partial charge in [0.25, 0.3) is 5.91 Å². The number of rotatable bonds is 6. The van der Waals surface area contributed by atoms with E-state index in [2.05, 4.69) is 34.1 Å². The third-order valence-corrected chi connectivity index (χ3v) is 4.47. The van der Waals surface area contributed by atoms with Crippen LogP contribution in [-0.4, -0.2) is 39.4 Å². The molecule has 1 amide bonds. The number of aromatic nitrogens is 3. The van der Waals surface area contributed by atoms with Crippen LogP contribution in [-0.2, 0) is 6.42 Å². The highest BCUT2D eigenvalue weighted by Crippen LogP contribution is 2.17. The van der Waals surface area contributed by atoms with E-state index in [1.165, 1.54) is 11.1 Å². The minimum absolute atomic E-state index is 0.130. The standard InChI is InChI=1S/C21H23N5O/c1-15-4-5-18(14-16(15)2)24-21-23-12-8-19(25-21)20(27)26(3)13-9-17-6-10-22-11-7-17/h4-8,10-12,14H,9,13H2,1-3H3,(H,23,24,25). The number of carbonyl (C=O) groups excluding carboxylic acids is 1. The Hall–Kier alpha value is -3.28. The van der Waals surface area contributed by atoms with Crippen LogP contribution in [0.5, 0.6) is 0 Å². The number of nitrogens with one attached hydrogen (secondary N) is 1. The van der Waals surface area contributed by atoms with E-state index in [1.807, 2.05) is 30.3 Å². The molecular weight excluding hydrogens is 338 g/mol. The Morgan fingerprint density at radius 1 is 1.04 bits per heavy atom. The van der Waals surface area contributed by atoms with Crippen LogP contribution < -0.4 is 5.32 Å². The molecular formula is C21H23N5O. The number of benzene rings is 1. The quantitative estimate of drug-likeness (QED) is 0.727. The van der Waals surface area contributed by atoms with Crippen molar-refractivity contribution >= 4 is 17.5 Å². The summed E-state index contributed by atoms with van der Waals surface area (Å²) in [5.41, 5.74) is 4.82. The van der Waals surface area contributed by atoms with Gasteiger partial charge in [-0.1, -0.05) is 6.07 Å². The Balaban J connectivity index is 1.66. The Kier molecular flexibility index (Phi) is 5.76. The van der Waals surface area contributed by atoms with Crippen LogP contribution in [0.15, 0.2) is 55.0 Å². The first-order valence-electron chi connectivity index (χ1n) is 8.84. The highest BCUT2D eigenvalue weighted by atomic mass is 16.2. The molecule has 0 unspecified atom stereocenters. The van der Waals surface area contributed by atoms with E-state index in [-0.39, 0.29) is 5.91 Å². The normalized spacial score (nSPS) is 10.5. The molecule has 1 N–H and O–H groups in total. The van der Waals surface area contributed by atoms with Gasteiger partial charge in [-0.15, -0.1) is 0 Å². The van der Waals surface area contributed by atoms with Crippen molar-refractivity contribution in [3.63, 3.8) is 0 Å². The minimum Gasteiger partial charge on any atom is -0.340 e. The SMILES string of the molecule is Cc1ccc(Nc2nccc(C(=O)N(C)CCc3ccncc3)n2)cc1C. The molecule has 0 spiro atoms. The fraction of sp³-hybridized carbons (Fsp3) is 0.238. The van der Waals surface area contributed by atoms with Gasteiger partial charge in [-0.25, -0.2) is 9.97 Å². The molecule has 0 aliphatic carbocycles. The lowest BCUT2D eigenvalue weighted by Gasteiger charge is -2.17. The van der Waals surface area contributed by atoms with E-state index in [9.17, 15) is 4.79 Å². The van der Waals surface area contributed by atoms with Crippen LogP contribution in [0.1, 0.15) is 27.2 Å². The summed E-state index contributed by atoms with van der Waals surface area (Å²) in [5.74, 6) is 0.279. The molecule has 3 rings (SSSR count). The van der Waals surface area contributed by atoms with E-state index < -0.39 is 0 Å². The summed E-state index contributed by atoms with van der Waals surface area (Å²) in [6, 6.07) is 11.6. The second-order valence-electron chi connectivity index (χ2n) is 6.52. The predicted octanol–water partition coefficient (Wildman–Crippen LogP) is 3.55. The zero-order valence-corrected chi connectivity index (χ0v) is 15.8. The smallest absolute Gasteiger partial charge is 0.272 e. The Bertz CT molecular complexity index is 927. The Morgan fingerprint density at radius 2 is 1.81 bits per heavy atom. The summed E-state index contributed by atoms with van der Waals surface area (Å²) < 4.78 is 0. The van der Waals surface area contributed by atoms with Gasteiger partial charge in [-0.2, -0.15) is 0 Å². The maximum atomic E-state index is 12.7. The number of anilines is 2. The molecule has 6 nitrogen and oxygen atoms in total. The van der Waals surface area contributed by atoms with Crippen LogP contribution in [0.25, 0.3) is 0 Å². The first kappa shape index (κ1) is 18.5. The lowest BCUT2D eigenvalue weighted by molar-refractivity contribution is 0.0791. The average Bonchev–Trinajstić information content (AvgIpc) is 2.69. The van der Waals surface area contributed by atoms with Crippen molar-refractivity contribution in [1.29, 1.82) is 0 Å². The summed E-state index contributed by atoms with van der Waals surface area (Å²) >= 11 is 0. The maximum Gasteiger partial charge on any atom is 0.272 e. The van der Waals surface area contributed by atoms with Crippen molar-refractivity contribution in [1.82, 2.24) is 19.9 Å². The van der Waals surface area contributed by atoms with Gasteiger partial charge in [0.05, 0.1) is 0 Å². The van der Waals surface area contributed by atoms with E-state index in [0.29, 0.717) is 18.2 Å². The molecule has 0 aliphatic heterocycles. The number of aryl methyl sites for hydroxylation is 2. The third kappa shape index (κ3) is 4.88. The predicted molar refractivity (Wildman–Crippen MR) is 106 cm³/mol. The third-order valence-electron chi connectivity index (χ3n) is 4.47. The molecule has 0 atom stereocenters. The molecule has 138 valence electrons. The van der Waals surface area contributed by atoms with E-state index in [4.69, 9.17) is 0 Å². The zero-order chi connectivity index (χ0) is 19.2. The first-order valence-corrected chi connectivity index (χ1v) is 8.84. The Labute approximate surface area is 159 Å². The van der Waals surface area contributed by atoms with Crippen molar-refractivity contribution in [3.05, 3.63) is 77.4 Å². The maximum absolute atomic E-state index is 12.7. The number of amides is 1. The van der Waals surface area contributed by atoms with Gasteiger partial charge in [0.15, 0.2) is 0 Å². The fourth-order valence-electron chi connectivity index (χ4n) is 2.63. The molecule has 3 aromatic rings. The first-order chi connectivity index (χ1) is 13.0. The number of hydrogen-bond donors (Lipinski definition) is 1. The van der Waals surface area contributed by atoms with Crippen LogP contribution >= 0.6 is 0 Å². The molecule has 0 aliphatic rings. The van der Waals surface area contributed by atoms with Gasteiger partial charge in [0.1, 0.15) is 5.69 Å². The molecule has 27 heavy (non-hydrogen) atoms. The molecule has 0 radical (unpaired) electrons. The molecule has 6 heteroatoms. The van der Waals surface area contributed by atoms with Crippen LogP contribution in [0.2, 0.25) is 0 Å². The van der Waals surface area contributed by atoms with Gasteiger partial charge in [0.2, 0.25) is 5.95 Å². The van der Waals surface area contributed by atoms with E-state index in [0.717, 1.165) is 17.7 Å². The van der Waals surface area contributed by atoms with Gasteiger partial charge in [-0.3, -0.25) is 9.78 Å². The van der Waals surface area contributed by atoms with Gasteiger partial charge in [0, 0.05) is 37.9 Å². The van der Waals surface area contributed by atoms with Crippen LogP contribution in [0, 0.1) is 13.8 Å². The number of carbonyl (C=O) groups is 1. The average molecular weight is 361 g/mol. The van der Waals surface area contributed by atoms with Crippen LogP contribution in [0.4, 0.5) is 11.6 Å². The topological polar surface area (TPSA) is 71.0 Å². The summed E-state index contributed by atoms with van der Waals surface area (Å²) in [7, 11) is 1.78. The van der Waals surface area contributed by atoms with Crippen LogP contribution in [0.3, 0.4) is 0 Å². The molecule has 1 aromatic carbocycles. The van der Waals surface area contributed by atoms with Gasteiger partial charge < -0.3 is 10.2 Å². The number of nitrogens with zero attached hydrogens (tertiary/aromatic N) is 4. The molecule has 0 saturated heterocycles. The van der Waals surface area contributed by atoms with Gasteiger partial charge in [-0.05, 0) is 67.3 Å². The summed E-state index contributed by atoms with van der Waals surface area (Å²) in [6.07, 6.45) is 5.88. The highest BCUT2D eigenvalue weighted by molar-refractivity contribution is 5.92. The second-order valence-corrected chi connectivity index (χ2v) is 6.52. The monoisotopic (exact) mass is 361 g/mol. The van der Waals surface area contributed by atoms with Gasteiger partial charge >= 0.3 is 0 Å². The zero-order valence-electron chi connectivity index (χ0n) is 15.8. The largest absolute Gasteiger partial charge is 0.340 e. The highest BCUT2D eigenvalue weighted by Gasteiger charge is 2.14. The molecule has 0 bridgehead atoms. The molecule has 0 fully saturated rings. The lowest BCUT2D eigenvalue weighted by atomic mass is 10.1. The summed E-state index contributed by atoms with van der Waals surface area (Å²) in [4.78, 5) is 26.9. The number of hydrogen-bond acceptors (Lipinski definition) is 5. The fourth-order valence-corrected chi connectivity index (χ4v) is 2.63. The van der Waals surface area contributed by atoms with Crippen molar-refractivity contribution in [2.45, 2.75) is 20.3 Å². The number of likely N-dealkylation sites (N-methyl/N-ethyl adjacent to an activating group) is 1. The molecule has 2 heterocycles.